The molecule has 138 valence electrons. The molecule has 2 fully saturated rings. The lowest BCUT2D eigenvalue weighted by molar-refractivity contribution is -0.137. The van der Waals surface area contributed by atoms with Crippen molar-refractivity contribution in [2.24, 2.45) is 0 Å². The first-order valence-electron chi connectivity index (χ1n) is 9.62. The van der Waals surface area contributed by atoms with E-state index in [1.54, 1.807) is 12.1 Å². The van der Waals surface area contributed by atoms with E-state index < -0.39 is 0 Å². The van der Waals surface area contributed by atoms with Crippen LogP contribution in [-0.4, -0.2) is 54.5 Å². The molecular formula is C20H29FN2O2. The molecule has 0 aromatic heterocycles. The Bertz CT molecular complexity index is 543. The number of nitrogens with zero attached hydrogens (tertiary/aromatic N) is 2. The lowest BCUT2D eigenvalue weighted by atomic mass is 9.98. The van der Waals surface area contributed by atoms with Crippen molar-refractivity contribution >= 4 is 5.91 Å². The molecule has 4 nitrogen and oxygen atoms in total. The first kappa shape index (κ1) is 18.2. The van der Waals surface area contributed by atoms with Crippen LogP contribution < -0.4 is 4.74 Å². The number of benzene rings is 1. The summed E-state index contributed by atoms with van der Waals surface area (Å²) in [4.78, 5) is 17.2. The number of hydrogen-bond acceptors (Lipinski definition) is 3. The molecular weight excluding hydrogens is 319 g/mol. The zero-order valence-electron chi connectivity index (χ0n) is 15.0. The predicted octanol–water partition coefficient (Wildman–Crippen LogP) is 3.46. The van der Waals surface area contributed by atoms with Gasteiger partial charge in [0.2, 0.25) is 0 Å². The highest BCUT2D eigenvalue weighted by Crippen LogP contribution is 2.21. The Morgan fingerprint density at radius 3 is 2.52 bits per heavy atom. The molecule has 0 N–H and O–H groups in total. The van der Waals surface area contributed by atoms with Gasteiger partial charge in [-0.15, -0.1) is 0 Å². The van der Waals surface area contributed by atoms with Gasteiger partial charge in [0, 0.05) is 19.1 Å². The third-order valence-electron chi connectivity index (χ3n) is 5.35. The van der Waals surface area contributed by atoms with Crippen molar-refractivity contribution in [1.29, 1.82) is 0 Å². The minimum atomic E-state index is -0.299. The van der Waals surface area contributed by atoms with E-state index in [-0.39, 0.29) is 18.3 Å². The summed E-state index contributed by atoms with van der Waals surface area (Å²) in [6.45, 7) is 4.36. The highest BCUT2D eigenvalue weighted by Gasteiger charge is 2.27. The molecule has 2 heterocycles. The Balaban J connectivity index is 1.48. The third-order valence-corrected chi connectivity index (χ3v) is 5.35. The zero-order chi connectivity index (χ0) is 17.5. The maximum absolute atomic E-state index is 12.9. The van der Waals surface area contributed by atoms with E-state index in [1.807, 2.05) is 4.90 Å². The van der Waals surface area contributed by atoms with Gasteiger partial charge in [0.15, 0.2) is 6.61 Å². The lowest BCUT2D eigenvalue weighted by Gasteiger charge is -2.37. The monoisotopic (exact) mass is 348 g/mol. The number of halogens is 1. The number of ether oxygens (including phenoxy) is 1. The van der Waals surface area contributed by atoms with Gasteiger partial charge in [-0.25, -0.2) is 4.39 Å². The molecule has 2 saturated heterocycles. The lowest BCUT2D eigenvalue weighted by Crippen LogP contribution is -2.47. The molecule has 25 heavy (non-hydrogen) atoms. The molecule has 3 rings (SSSR count). The number of carbonyl (C=O) groups is 1. The Hall–Kier alpha value is -1.62. The molecule has 2 aliphatic heterocycles. The molecule has 0 bridgehead atoms. The Morgan fingerprint density at radius 2 is 1.76 bits per heavy atom. The molecule has 1 aromatic rings. The van der Waals surface area contributed by atoms with Crippen LogP contribution in [0.4, 0.5) is 4.39 Å². The smallest absolute Gasteiger partial charge is 0.260 e. The van der Waals surface area contributed by atoms with Crippen LogP contribution in [0.25, 0.3) is 0 Å². The summed E-state index contributed by atoms with van der Waals surface area (Å²) in [5, 5.41) is 0. The van der Waals surface area contributed by atoms with Crippen LogP contribution in [0, 0.1) is 5.82 Å². The molecule has 0 radical (unpaired) electrons. The fraction of sp³-hybridized carbons (Fsp3) is 0.650. The zero-order valence-corrected chi connectivity index (χ0v) is 15.0. The summed E-state index contributed by atoms with van der Waals surface area (Å²) >= 11 is 0. The van der Waals surface area contributed by atoms with Crippen LogP contribution in [0.5, 0.6) is 5.75 Å². The molecule has 1 atom stereocenters. The normalized spacial score (nSPS) is 22.0. The first-order valence-corrected chi connectivity index (χ1v) is 9.62. The molecule has 0 unspecified atom stereocenters. The van der Waals surface area contributed by atoms with Gasteiger partial charge >= 0.3 is 0 Å². The van der Waals surface area contributed by atoms with Crippen LogP contribution >= 0.6 is 0 Å². The standard InChI is InChI=1S/C20H29FN2O2/c21-17-7-9-19(10-8-17)25-16-20(24)23-14-5-2-6-18(23)11-15-22-12-3-1-4-13-22/h7-10,18H,1-6,11-16H2/t18-/m1/s1. The second kappa shape index (κ2) is 9.18. The average Bonchev–Trinajstić information content (AvgIpc) is 2.67. The van der Waals surface area contributed by atoms with Gasteiger partial charge in [-0.1, -0.05) is 6.42 Å². The molecule has 2 aliphatic rings. The van der Waals surface area contributed by atoms with Gasteiger partial charge in [0.05, 0.1) is 0 Å². The van der Waals surface area contributed by atoms with Gasteiger partial charge in [0.1, 0.15) is 11.6 Å². The van der Waals surface area contributed by atoms with Crippen LogP contribution in [0.3, 0.4) is 0 Å². The molecule has 0 saturated carbocycles. The highest BCUT2D eigenvalue weighted by molar-refractivity contribution is 5.78. The maximum atomic E-state index is 12.9. The van der Waals surface area contributed by atoms with E-state index in [9.17, 15) is 9.18 Å². The summed E-state index contributed by atoms with van der Waals surface area (Å²) in [5.74, 6) is 0.289. The van der Waals surface area contributed by atoms with Crippen molar-refractivity contribution < 1.29 is 13.9 Å². The summed E-state index contributed by atoms with van der Waals surface area (Å²) in [6.07, 6.45) is 8.39. The summed E-state index contributed by atoms with van der Waals surface area (Å²) in [6, 6.07) is 6.16. The van der Waals surface area contributed by atoms with Gasteiger partial charge < -0.3 is 14.5 Å². The SMILES string of the molecule is O=C(COc1ccc(F)cc1)N1CCCC[C@@H]1CCN1CCCCC1. The van der Waals surface area contributed by atoms with Gasteiger partial charge in [-0.2, -0.15) is 0 Å². The fourth-order valence-corrected chi connectivity index (χ4v) is 3.90. The number of likely N-dealkylation sites (tertiary alicyclic amines) is 2. The maximum Gasteiger partial charge on any atom is 0.260 e. The Labute approximate surface area is 149 Å². The van der Waals surface area contributed by atoms with Crippen molar-refractivity contribution in [3.8, 4) is 5.75 Å². The summed E-state index contributed by atoms with van der Waals surface area (Å²) in [5.41, 5.74) is 0. The fourth-order valence-electron chi connectivity index (χ4n) is 3.90. The average molecular weight is 348 g/mol. The van der Waals surface area contributed by atoms with Crippen molar-refractivity contribution in [1.82, 2.24) is 9.80 Å². The molecule has 0 aliphatic carbocycles. The van der Waals surface area contributed by atoms with Crippen LogP contribution in [0.2, 0.25) is 0 Å². The van der Waals surface area contributed by atoms with Crippen molar-refractivity contribution in [2.45, 2.75) is 51.0 Å². The van der Waals surface area contributed by atoms with Crippen molar-refractivity contribution in [2.75, 3.05) is 32.8 Å². The second-order valence-corrected chi connectivity index (χ2v) is 7.17. The number of hydrogen-bond donors (Lipinski definition) is 0. The molecule has 1 aromatic carbocycles. The van der Waals surface area contributed by atoms with Gasteiger partial charge in [-0.3, -0.25) is 4.79 Å². The molecule has 1 amide bonds. The Kier molecular flexibility index (Phi) is 6.68. The molecule has 5 heteroatoms. The van der Waals surface area contributed by atoms with Crippen molar-refractivity contribution in [3.05, 3.63) is 30.1 Å². The number of rotatable bonds is 6. The minimum absolute atomic E-state index is 0.0336. The van der Waals surface area contributed by atoms with Crippen LogP contribution in [-0.2, 0) is 4.79 Å². The van der Waals surface area contributed by atoms with Gasteiger partial charge in [0.25, 0.3) is 5.91 Å². The first-order chi connectivity index (χ1) is 12.2. The van der Waals surface area contributed by atoms with E-state index in [0.717, 1.165) is 32.4 Å². The predicted molar refractivity (Wildman–Crippen MR) is 96.2 cm³/mol. The summed E-state index contributed by atoms with van der Waals surface area (Å²) < 4.78 is 18.5. The number of carbonyl (C=O) groups excluding carboxylic acids is 1. The number of amides is 1. The summed E-state index contributed by atoms with van der Waals surface area (Å²) in [7, 11) is 0. The topological polar surface area (TPSA) is 32.8 Å². The number of piperidine rings is 2. The second-order valence-electron chi connectivity index (χ2n) is 7.17. The van der Waals surface area contributed by atoms with Crippen molar-refractivity contribution in [3.63, 3.8) is 0 Å². The van der Waals surface area contributed by atoms with E-state index >= 15 is 0 Å². The quantitative estimate of drug-likeness (QED) is 0.789. The third kappa shape index (κ3) is 5.43. The highest BCUT2D eigenvalue weighted by atomic mass is 19.1. The Morgan fingerprint density at radius 1 is 1.04 bits per heavy atom. The van der Waals surface area contributed by atoms with Crippen LogP contribution in [0.1, 0.15) is 44.9 Å². The van der Waals surface area contributed by atoms with E-state index in [1.165, 1.54) is 50.9 Å². The van der Waals surface area contributed by atoms with Gasteiger partial charge in [-0.05, 0) is 75.9 Å². The van der Waals surface area contributed by atoms with E-state index in [2.05, 4.69) is 4.90 Å². The molecule has 0 spiro atoms. The van der Waals surface area contributed by atoms with E-state index in [4.69, 9.17) is 4.74 Å². The largest absolute Gasteiger partial charge is 0.484 e. The minimum Gasteiger partial charge on any atom is -0.484 e. The van der Waals surface area contributed by atoms with E-state index in [0.29, 0.717) is 11.8 Å². The van der Waals surface area contributed by atoms with Crippen LogP contribution in [0.15, 0.2) is 24.3 Å².